The van der Waals surface area contributed by atoms with Gasteiger partial charge in [-0.1, -0.05) is 19.9 Å². The van der Waals surface area contributed by atoms with E-state index < -0.39 is 5.60 Å². The van der Waals surface area contributed by atoms with Gasteiger partial charge in [0.15, 0.2) is 11.4 Å². The average molecular weight is 357 g/mol. The summed E-state index contributed by atoms with van der Waals surface area (Å²) in [7, 11) is 1.79. The highest BCUT2D eigenvalue weighted by atomic mass is 16.6. The molecule has 0 bridgehead atoms. The molecule has 5 aliphatic rings. The third-order valence-electron chi connectivity index (χ3n) is 9.37. The molecule has 1 heterocycles. The largest absolute Gasteiger partial charge is 0.501 e. The molecule has 0 spiro atoms. The average Bonchev–Trinajstić information content (AvgIpc) is 3.18. The second-order valence-corrected chi connectivity index (χ2v) is 10.2. The molecule has 0 radical (unpaired) electrons. The summed E-state index contributed by atoms with van der Waals surface area (Å²) >= 11 is 0. The molecule has 3 nitrogen and oxygen atoms in total. The minimum Gasteiger partial charge on any atom is -0.501 e. The first kappa shape index (κ1) is 17.0. The smallest absolute Gasteiger partial charge is 0.165 e. The summed E-state index contributed by atoms with van der Waals surface area (Å²) in [6.45, 7) is 8.78. The van der Waals surface area contributed by atoms with Gasteiger partial charge in [0.2, 0.25) is 0 Å². The first-order valence-corrected chi connectivity index (χ1v) is 10.4. The fourth-order valence-electron chi connectivity index (χ4n) is 8.08. The SMILES string of the molecule is COC1=CC2=CC[C@@H]3[C@H](CC[C@]4(C)[C@H]3C[C@@]3(C)O[C@]34C(C)=O)[C@]2(C)CC1. The molecule has 1 aliphatic heterocycles. The van der Waals surface area contributed by atoms with E-state index in [1.54, 1.807) is 14.0 Å². The van der Waals surface area contributed by atoms with Crippen molar-refractivity contribution in [2.75, 3.05) is 7.11 Å². The number of allylic oxidation sites excluding steroid dienone is 4. The van der Waals surface area contributed by atoms with Crippen LogP contribution in [-0.2, 0) is 14.3 Å². The van der Waals surface area contributed by atoms with Crippen LogP contribution in [0.2, 0.25) is 0 Å². The second kappa shape index (κ2) is 4.84. The Labute approximate surface area is 157 Å². The molecule has 3 fully saturated rings. The molecule has 0 amide bonds. The van der Waals surface area contributed by atoms with Crippen molar-refractivity contribution in [3.8, 4) is 0 Å². The number of ether oxygens (including phenoxy) is 2. The van der Waals surface area contributed by atoms with E-state index in [4.69, 9.17) is 9.47 Å². The van der Waals surface area contributed by atoms with E-state index in [1.807, 2.05) is 0 Å². The lowest BCUT2D eigenvalue weighted by Crippen LogP contribution is -2.53. The van der Waals surface area contributed by atoms with Gasteiger partial charge in [-0.25, -0.2) is 0 Å². The fraction of sp³-hybridized carbons (Fsp3) is 0.783. The Morgan fingerprint density at radius 3 is 2.69 bits per heavy atom. The highest BCUT2D eigenvalue weighted by molar-refractivity contribution is 5.91. The van der Waals surface area contributed by atoms with Crippen molar-refractivity contribution in [3.05, 3.63) is 23.5 Å². The molecule has 1 saturated heterocycles. The van der Waals surface area contributed by atoms with Crippen LogP contribution in [-0.4, -0.2) is 24.1 Å². The number of methoxy groups -OCH3 is 1. The van der Waals surface area contributed by atoms with Gasteiger partial charge >= 0.3 is 0 Å². The number of ketones is 1. The Hall–Kier alpha value is -1.09. The van der Waals surface area contributed by atoms with Gasteiger partial charge in [-0.05, 0) is 80.8 Å². The minimum atomic E-state index is -0.504. The highest BCUT2D eigenvalue weighted by Crippen LogP contribution is 2.77. The maximum absolute atomic E-state index is 12.6. The van der Waals surface area contributed by atoms with Crippen LogP contribution in [0.1, 0.15) is 66.2 Å². The predicted molar refractivity (Wildman–Crippen MR) is 100 cm³/mol. The lowest BCUT2D eigenvalue weighted by molar-refractivity contribution is -0.135. The molecule has 2 saturated carbocycles. The summed E-state index contributed by atoms with van der Waals surface area (Å²) in [6, 6.07) is 0. The molecule has 26 heavy (non-hydrogen) atoms. The van der Waals surface area contributed by atoms with Gasteiger partial charge in [-0.15, -0.1) is 0 Å². The van der Waals surface area contributed by atoms with E-state index in [0.29, 0.717) is 11.8 Å². The molecular weight excluding hydrogens is 324 g/mol. The topological polar surface area (TPSA) is 38.8 Å². The van der Waals surface area contributed by atoms with Crippen molar-refractivity contribution >= 4 is 5.78 Å². The molecule has 3 heteroatoms. The predicted octanol–water partition coefficient (Wildman–Crippen LogP) is 4.82. The maximum atomic E-state index is 12.6. The summed E-state index contributed by atoms with van der Waals surface area (Å²) in [5.74, 6) is 3.40. The number of hydrogen-bond acceptors (Lipinski definition) is 3. The van der Waals surface area contributed by atoms with E-state index >= 15 is 0 Å². The van der Waals surface area contributed by atoms with Crippen LogP contribution >= 0.6 is 0 Å². The van der Waals surface area contributed by atoms with Crippen molar-refractivity contribution in [1.29, 1.82) is 0 Å². The van der Waals surface area contributed by atoms with Crippen molar-refractivity contribution in [2.24, 2.45) is 28.6 Å². The van der Waals surface area contributed by atoms with Crippen molar-refractivity contribution < 1.29 is 14.3 Å². The van der Waals surface area contributed by atoms with Gasteiger partial charge in [0.25, 0.3) is 0 Å². The van der Waals surface area contributed by atoms with Crippen LogP contribution in [0.3, 0.4) is 0 Å². The normalized spacial score (nSPS) is 54.1. The third kappa shape index (κ3) is 1.68. The van der Waals surface area contributed by atoms with Crippen molar-refractivity contribution in [1.82, 2.24) is 0 Å². The Morgan fingerprint density at radius 1 is 1.23 bits per heavy atom. The first-order chi connectivity index (χ1) is 12.2. The summed E-state index contributed by atoms with van der Waals surface area (Å²) in [5.41, 5.74) is 1.06. The van der Waals surface area contributed by atoms with Gasteiger partial charge in [-0.2, -0.15) is 0 Å². The number of carbonyl (C=O) groups excluding carboxylic acids is 1. The van der Waals surface area contributed by atoms with E-state index in [9.17, 15) is 4.79 Å². The Balaban J connectivity index is 1.54. The van der Waals surface area contributed by atoms with Crippen LogP contribution < -0.4 is 0 Å². The zero-order chi connectivity index (χ0) is 18.5. The molecular formula is C23H32O3. The third-order valence-corrected chi connectivity index (χ3v) is 9.37. The Morgan fingerprint density at radius 2 is 2.00 bits per heavy atom. The van der Waals surface area contributed by atoms with E-state index in [2.05, 4.69) is 32.9 Å². The summed E-state index contributed by atoms with van der Waals surface area (Å²) in [5, 5.41) is 0. The van der Waals surface area contributed by atoms with Gasteiger partial charge in [0.1, 0.15) is 5.60 Å². The second-order valence-electron chi connectivity index (χ2n) is 10.2. The number of fused-ring (bicyclic) bond motifs is 7. The molecule has 0 unspecified atom stereocenters. The maximum Gasteiger partial charge on any atom is 0.165 e. The van der Waals surface area contributed by atoms with Crippen LogP contribution in [0.5, 0.6) is 0 Å². The van der Waals surface area contributed by atoms with Crippen LogP contribution in [0.15, 0.2) is 23.5 Å². The summed E-state index contributed by atoms with van der Waals surface area (Å²) in [6.07, 6.45) is 11.6. The number of epoxide rings is 1. The number of hydrogen-bond donors (Lipinski definition) is 0. The van der Waals surface area contributed by atoms with E-state index in [0.717, 1.165) is 37.4 Å². The monoisotopic (exact) mass is 356 g/mol. The number of Topliss-reactive ketones (excluding diaryl/α,β-unsaturated/α-hetero) is 1. The molecule has 4 aliphatic carbocycles. The highest BCUT2D eigenvalue weighted by Gasteiger charge is 2.85. The molecule has 5 rings (SSSR count). The zero-order valence-electron chi connectivity index (χ0n) is 16.9. The first-order valence-electron chi connectivity index (χ1n) is 10.4. The molecule has 0 N–H and O–H groups in total. The van der Waals surface area contributed by atoms with Crippen molar-refractivity contribution in [3.63, 3.8) is 0 Å². The fourth-order valence-corrected chi connectivity index (χ4v) is 8.08. The van der Waals surface area contributed by atoms with Crippen molar-refractivity contribution in [2.45, 2.75) is 77.4 Å². The Kier molecular flexibility index (Phi) is 3.17. The Bertz CT molecular complexity index is 751. The van der Waals surface area contributed by atoms with Crippen LogP contribution in [0.4, 0.5) is 0 Å². The van der Waals surface area contributed by atoms with Crippen LogP contribution in [0, 0.1) is 28.6 Å². The van der Waals surface area contributed by atoms with Gasteiger partial charge < -0.3 is 9.47 Å². The molecule has 142 valence electrons. The lowest BCUT2D eigenvalue weighted by atomic mass is 9.47. The van der Waals surface area contributed by atoms with E-state index in [1.165, 1.54) is 18.4 Å². The van der Waals surface area contributed by atoms with Gasteiger partial charge in [0, 0.05) is 11.8 Å². The summed E-state index contributed by atoms with van der Waals surface area (Å²) in [4.78, 5) is 12.6. The quantitative estimate of drug-likeness (QED) is 0.666. The number of carbonyl (C=O) groups is 1. The molecule has 0 aromatic heterocycles. The molecule has 0 aromatic rings. The lowest BCUT2D eigenvalue weighted by Gasteiger charge is -2.57. The van der Waals surface area contributed by atoms with Gasteiger partial charge in [0.05, 0.1) is 12.9 Å². The standard InChI is InChI=1S/C23H32O3/c1-14(24)23-21(3)11-9-18-17(19(21)13-22(23,4)26-23)7-6-15-12-16(25-5)8-10-20(15,18)2/h6,12,17-19H,7-11,13H2,1-5H3/t17-,18+,19+,20-,21-,22-,23+/m1/s1. The van der Waals surface area contributed by atoms with Crippen LogP contribution in [0.25, 0.3) is 0 Å². The summed E-state index contributed by atoms with van der Waals surface area (Å²) < 4.78 is 11.8. The molecule has 0 aromatic carbocycles. The number of rotatable bonds is 2. The zero-order valence-corrected chi connectivity index (χ0v) is 16.9. The molecule has 7 atom stereocenters. The van der Waals surface area contributed by atoms with E-state index in [-0.39, 0.29) is 22.2 Å². The van der Waals surface area contributed by atoms with Gasteiger partial charge in [-0.3, -0.25) is 4.79 Å². The minimum absolute atomic E-state index is 0.0125.